The summed E-state index contributed by atoms with van der Waals surface area (Å²) in [5, 5.41) is 0. The molecule has 0 saturated carbocycles. The van der Waals surface area contributed by atoms with E-state index in [9.17, 15) is 26.3 Å². The van der Waals surface area contributed by atoms with Gasteiger partial charge in [0.1, 0.15) is 9.65 Å². The zero-order chi connectivity index (χ0) is 10.2. The van der Waals surface area contributed by atoms with Gasteiger partial charge in [0.05, 0.1) is 0 Å². The summed E-state index contributed by atoms with van der Waals surface area (Å²) in [5.74, 6) is 0. The van der Waals surface area contributed by atoms with Gasteiger partial charge in [-0.1, -0.05) is 31.9 Å². The summed E-state index contributed by atoms with van der Waals surface area (Å²) < 4.78 is 69.9. The molecule has 0 aliphatic rings. The lowest BCUT2D eigenvalue weighted by atomic mass is 10.3. The molecule has 0 radical (unpaired) electrons. The van der Waals surface area contributed by atoms with E-state index in [1.54, 1.807) is 0 Å². The lowest BCUT2D eigenvalue weighted by Gasteiger charge is -2.21. The summed E-state index contributed by atoms with van der Waals surface area (Å²) in [4.78, 5) is -5.24. The Labute approximate surface area is 80.6 Å². The van der Waals surface area contributed by atoms with Crippen LogP contribution in [0.2, 0.25) is 0 Å². The molecule has 0 aliphatic heterocycles. The largest absolute Gasteiger partial charge is 0.402 e. The summed E-state index contributed by atoms with van der Waals surface area (Å²) in [5.41, 5.74) is 0. The third kappa shape index (κ3) is 3.51. The van der Waals surface area contributed by atoms with E-state index in [0.717, 1.165) is 0 Å². The molecule has 8 heteroatoms. The number of alkyl halides is 8. The van der Waals surface area contributed by atoms with Crippen LogP contribution in [0.15, 0.2) is 0 Å². The minimum absolute atomic E-state index is 1.91. The predicted octanol–water partition coefficient (Wildman–Crippen LogP) is 3.64. The Balaban J connectivity index is 4.41. The van der Waals surface area contributed by atoms with E-state index in [4.69, 9.17) is 0 Å². The van der Waals surface area contributed by atoms with Crippen LogP contribution in [0.1, 0.15) is 0 Å². The van der Waals surface area contributed by atoms with Gasteiger partial charge in [-0.25, -0.2) is 0 Å². The Kier molecular flexibility index (Phi) is 3.90. The Morgan fingerprint density at radius 1 is 0.667 bits per heavy atom. The van der Waals surface area contributed by atoms with Gasteiger partial charge in [-0.15, -0.1) is 0 Å². The van der Waals surface area contributed by atoms with Crippen molar-refractivity contribution < 1.29 is 26.3 Å². The average Bonchev–Trinajstić information content (AvgIpc) is 1.80. The van der Waals surface area contributed by atoms with Crippen molar-refractivity contribution in [3.63, 3.8) is 0 Å². The average molecular weight is 324 g/mol. The van der Waals surface area contributed by atoms with Crippen LogP contribution in [0.5, 0.6) is 0 Å². The van der Waals surface area contributed by atoms with Gasteiger partial charge in [0, 0.05) is 0 Å². The van der Waals surface area contributed by atoms with Gasteiger partial charge >= 0.3 is 12.4 Å². The van der Waals surface area contributed by atoms with Crippen LogP contribution in [-0.4, -0.2) is 22.0 Å². The third-order valence-corrected chi connectivity index (χ3v) is 3.69. The summed E-state index contributed by atoms with van der Waals surface area (Å²) in [6.07, 6.45) is -9.83. The van der Waals surface area contributed by atoms with E-state index in [-0.39, 0.29) is 0 Å². The maximum atomic E-state index is 11.7. The van der Waals surface area contributed by atoms with Crippen LogP contribution < -0.4 is 0 Å². The minimum Gasteiger partial charge on any atom is -0.170 e. The van der Waals surface area contributed by atoms with Crippen LogP contribution in [-0.2, 0) is 0 Å². The molecular weight excluding hydrogens is 322 g/mol. The topological polar surface area (TPSA) is 0 Å². The normalized spacial score (nSPS) is 19.0. The summed E-state index contributed by atoms with van der Waals surface area (Å²) in [6.45, 7) is 0. The Bertz CT molecular complexity index is 131. The van der Waals surface area contributed by atoms with Crippen molar-refractivity contribution in [1.29, 1.82) is 0 Å². The van der Waals surface area contributed by atoms with Crippen LogP contribution in [0, 0.1) is 0 Å². The molecule has 0 heterocycles. The first-order valence-electron chi connectivity index (χ1n) is 2.48. The lowest BCUT2D eigenvalue weighted by Crippen LogP contribution is -2.40. The second-order valence-corrected chi connectivity index (χ2v) is 3.86. The van der Waals surface area contributed by atoms with Crippen LogP contribution in [0.25, 0.3) is 0 Å². The first-order valence-corrected chi connectivity index (χ1v) is 4.31. The molecule has 0 aromatic rings. The molecule has 0 aliphatic carbocycles. The highest BCUT2D eigenvalue weighted by Crippen LogP contribution is 2.39. The molecule has 74 valence electrons. The highest BCUT2D eigenvalue weighted by Gasteiger charge is 2.52. The van der Waals surface area contributed by atoms with E-state index < -0.39 is 22.0 Å². The second-order valence-electron chi connectivity index (χ2n) is 1.89. The Morgan fingerprint density at radius 2 is 0.833 bits per heavy atom. The quantitative estimate of drug-likeness (QED) is 0.510. The zero-order valence-corrected chi connectivity index (χ0v) is 8.35. The van der Waals surface area contributed by atoms with Gasteiger partial charge in [0.15, 0.2) is 0 Å². The zero-order valence-electron chi connectivity index (χ0n) is 5.18. The van der Waals surface area contributed by atoms with Gasteiger partial charge in [0.2, 0.25) is 0 Å². The molecule has 0 aromatic heterocycles. The molecule has 0 saturated heterocycles. The smallest absolute Gasteiger partial charge is 0.170 e. The molecule has 0 unspecified atom stereocenters. The fourth-order valence-electron chi connectivity index (χ4n) is 0.332. The van der Waals surface area contributed by atoms with Crippen molar-refractivity contribution in [2.75, 3.05) is 0 Å². The van der Waals surface area contributed by atoms with Gasteiger partial charge in [-0.2, -0.15) is 26.3 Å². The van der Waals surface area contributed by atoms with Crippen LogP contribution in [0.3, 0.4) is 0 Å². The van der Waals surface area contributed by atoms with Crippen LogP contribution in [0.4, 0.5) is 26.3 Å². The van der Waals surface area contributed by atoms with Crippen molar-refractivity contribution in [3.05, 3.63) is 0 Å². The van der Waals surface area contributed by atoms with Crippen molar-refractivity contribution in [1.82, 2.24) is 0 Å². The van der Waals surface area contributed by atoms with Gasteiger partial charge < -0.3 is 0 Å². The molecule has 12 heavy (non-hydrogen) atoms. The predicted molar refractivity (Wildman–Crippen MR) is 37.5 cm³/mol. The van der Waals surface area contributed by atoms with Gasteiger partial charge in [-0.3, -0.25) is 0 Å². The monoisotopic (exact) mass is 322 g/mol. The highest BCUT2D eigenvalue weighted by molar-refractivity contribution is 9.12. The number of halogens is 8. The summed E-state index contributed by atoms with van der Waals surface area (Å²) in [6, 6.07) is 0. The number of hydrogen-bond donors (Lipinski definition) is 0. The molecule has 0 bridgehead atoms. The summed E-state index contributed by atoms with van der Waals surface area (Å²) in [7, 11) is 0. The maximum Gasteiger partial charge on any atom is 0.402 e. The van der Waals surface area contributed by atoms with E-state index in [1.807, 2.05) is 31.9 Å². The van der Waals surface area contributed by atoms with Gasteiger partial charge in [-0.05, 0) is 0 Å². The van der Waals surface area contributed by atoms with E-state index in [0.29, 0.717) is 0 Å². The van der Waals surface area contributed by atoms with E-state index in [1.165, 1.54) is 0 Å². The number of hydrogen-bond acceptors (Lipinski definition) is 0. The Morgan fingerprint density at radius 3 is 0.917 bits per heavy atom. The second kappa shape index (κ2) is 3.73. The molecule has 2 atom stereocenters. The van der Waals surface area contributed by atoms with Crippen molar-refractivity contribution in [2.24, 2.45) is 0 Å². The third-order valence-electron chi connectivity index (χ3n) is 0.882. The fourth-order valence-corrected chi connectivity index (χ4v) is 0.931. The molecule has 0 aromatic carbocycles. The van der Waals surface area contributed by atoms with E-state index in [2.05, 4.69) is 0 Å². The molecule has 0 nitrogen and oxygen atoms in total. The minimum atomic E-state index is -4.91. The first-order chi connectivity index (χ1) is 5.07. The molecule has 0 amide bonds. The molecule has 0 rings (SSSR count). The molecule has 0 spiro atoms. The lowest BCUT2D eigenvalue weighted by molar-refractivity contribution is -0.171. The standard InChI is InChI=1S/C4H2Br2F6/c5-1(3(7,8)9)2(6)4(10,11)12/h1-2H/t1-,2-/m0/s1. The maximum absolute atomic E-state index is 11.7. The SMILES string of the molecule is FC(F)(F)[C@@H](Br)[C@H](Br)C(F)(F)F. The molecule has 0 fully saturated rings. The number of rotatable bonds is 1. The van der Waals surface area contributed by atoms with Crippen LogP contribution >= 0.6 is 31.9 Å². The molecule has 0 N–H and O–H groups in total. The molecular formula is C4H2Br2F6. The van der Waals surface area contributed by atoms with Gasteiger partial charge in [0.25, 0.3) is 0 Å². The summed E-state index contributed by atoms with van der Waals surface area (Å²) >= 11 is 3.82. The van der Waals surface area contributed by atoms with Crippen molar-refractivity contribution in [2.45, 2.75) is 22.0 Å². The van der Waals surface area contributed by atoms with E-state index >= 15 is 0 Å². The highest BCUT2D eigenvalue weighted by atomic mass is 79.9. The Hall–Kier alpha value is 0.540. The fraction of sp³-hybridized carbons (Fsp3) is 1.00. The first kappa shape index (κ1) is 12.5. The van der Waals surface area contributed by atoms with Crippen molar-refractivity contribution in [3.8, 4) is 0 Å². The van der Waals surface area contributed by atoms with Crippen molar-refractivity contribution >= 4 is 31.9 Å².